The van der Waals surface area contributed by atoms with Crippen molar-refractivity contribution in [2.75, 3.05) is 13.7 Å². The van der Waals surface area contributed by atoms with Gasteiger partial charge in [0.15, 0.2) is 0 Å². The zero-order valence-corrected chi connectivity index (χ0v) is 9.01. The van der Waals surface area contributed by atoms with Gasteiger partial charge in [0.1, 0.15) is 0 Å². The highest BCUT2D eigenvalue weighted by molar-refractivity contribution is 4.71. The molecule has 13 heavy (non-hydrogen) atoms. The molecule has 1 unspecified atom stereocenters. The SMILES string of the molecule is COC(C)CNC1CCCCCC1. The molecule has 1 aliphatic carbocycles. The lowest BCUT2D eigenvalue weighted by Gasteiger charge is -2.18. The molecular weight excluding hydrogens is 162 g/mol. The second kappa shape index (κ2) is 6.39. The average molecular weight is 185 g/mol. The van der Waals surface area contributed by atoms with Crippen molar-refractivity contribution in [3.05, 3.63) is 0 Å². The van der Waals surface area contributed by atoms with Crippen LogP contribution in [0.2, 0.25) is 0 Å². The van der Waals surface area contributed by atoms with Crippen LogP contribution in [0.4, 0.5) is 0 Å². The first-order valence-corrected chi connectivity index (χ1v) is 5.59. The predicted molar refractivity (Wildman–Crippen MR) is 56.0 cm³/mol. The number of hydrogen-bond donors (Lipinski definition) is 1. The second-order valence-electron chi connectivity index (χ2n) is 4.14. The van der Waals surface area contributed by atoms with Crippen LogP contribution in [0.1, 0.15) is 45.4 Å². The van der Waals surface area contributed by atoms with Gasteiger partial charge in [-0.2, -0.15) is 0 Å². The van der Waals surface area contributed by atoms with Crippen LogP contribution in [0.3, 0.4) is 0 Å². The summed E-state index contributed by atoms with van der Waals surface area (Å²) in [5.41, 5.74) is 0. The van der Waals surface area contributed by atoms with Gasteiger partial charge in [0.05, 0.1) is 6.10 Å². The summed E-state index contributed by atoms with van der Waals surface area (Å²) in [6, 6.07) is 0.750. The monoisotopic (exact) mass is 185 g/mol. The summed E-state index contributed by atoms with van der Waals surface area (Å²) in [5, 5.41) is 3.59. The van der Waals surface area contributed by atoms with E-state index in [-0.39, 0.29) is 0 Å². The summed E-state index contributed by atoms with van der Waals surface area (Å²) in [6.07, 6.45) is 8.73. The standard InChI is InChI=1S/C11H23NO/c1-10(13-2)9-12-11-7-5-3-4-6-8-11/h10-12H,3-9H2,1-2H3. The molecular formula is C11H23NO. The molecule has 1 N–H and O–H groups in total. The van der Waals surface area contributed by atoms with E-state index in [1.165, 1.54) is 38.5 Å². The van der Waals surface area contributed by atoms with Crippen molar-refractivity contribution in [2.45, 2.75) is 57.6 Å². The van der Waals surface area contributed by atoms with Gasteiger partial charge in [0, 0.05) is 19.7 Å². The largest absolute Gasteiger partial charge is 0.380 e. The summed E-state index contributed by atoms with van der Waals surface area (Å²) < 4.78 is 5.21. The Balaban J connectivity index is 2.11. The maximum Gasteiger partial charge on any atom is 0.0667 e. The van der Waals surface area contributed by atoms with E-state index < -0.39 is 0 Å². The number of rotatable bonds is 4. The first kappa shape index (κ1) is 11.0. The van der Waals surface area contributed by atoms with E-state index in [0.29, 0.717) is 6.10 Å². The van der Waals surface area contributed by atoms with Gasteiger partial charge in [-0.15, -0.1) is 0 Å². The highest BCUT2D eigenvalue weighted by atomic mass is 16.5. The Kier molecular flexibility index (Phi) is 5.40. The van der Waals surface area contributed by atoms with E-state index in [2.05, 4.69) is 12.2 Å². The molecule has 0 amide bonds. The third-order valence-electron chi connectivity index (χ3n) is 2.95. The lowest BCUT2D eigenvalue weighted by Crippen LogP contribution is -2.34. The fourth-order valence-corrected chi connectivity index (χ4v) is 1.90. The van der Waals surface area contributed by atoms with E-state index in [9.17, 15) is 0 Å². The van der Waals surface area contributed by atoms with Gasteiger partial charge < -0.3 is 10.1 Å². The number of methoxy groups -OCH3 is 1. The van der Waals surface area contributed by atoms with Crippen LogP contribution in [0.15, 0.2) is 0 Å². The van der Waals surface area contributed by atoms with Crippen LogP contribution in [-0.2, 0) is 4.74 Å². The molecule has 0 radical (unpaired) electrons. The van der Waals surface area contributed by atoms with E-state index >= 15 is 0 Å². The zero-order chi connectivity index (χ0) is 9.52. The van der Waals surface area contributed by atoms with Crippen LogP contribution in [0, 0.1) is 0 Å². The normalized spacial score (nSPS) is 22.6. The fraction of sp³-hybridized carbons (Fsp3) is 1.00. The Morgan fingerprint density at radius 3 is 2.38 bits per heavy atom. The van der Waals surface area contributed by atoms with Gasteiger partial charge >= 0.3 is 0 Å². The Bertz CT molecular complexity index is 119. The van der Waals surface area contributed by atoms with Crippen molar-refractivity contribution in [1.82, 2.24) is 5.32 Å². The van der Waals surface area contributed by atoms with Crippen LogP contribution in [-0.4, -0.2) is 25.8 Å². The molecule has 1 atom stereocenters. The fourth-order valence-electron chi connectivity index (χ4n) is 1.90. The molecule has 0 aromatic carbocycles. The minimum Gasteiger partial charge on any atom is -0.380 e. The number of hydrogen-bond acceptors (Lipinski definition) is 2. The molecule has 0 aromatic rings. The lowest BCUT2D eigenvalue weighted by atomic mass is 10.1. The summed E-state index contributed by atoms with van der Waals surface area (Å²) in [6.45, 7) is 3.12. The van der Waals surface area contributed by atoms with Crippen LogP contribution in [0.25, 0.3) is 0 Å². The maximum absolute atomic E-state index is 5.21. The van der Waals surface area contributed by atoms with Crippen molar-refractivity contribution in [1.29, 1.82) is 0 Å². The van der Waals surface area contributed by atoms with Crippen LogP contribution < -0.4 is 5.32 Å². The minimum atomic E-state index is 0.350. The van der Waals surface area contributed by atoms with Crippen molar-refractivity contribution < 1.29 is 4.74 Å². The molecule has 0 aliphatic heterocycles. The Morgan fingerprint density at radius 1 is 1.23 bits per heavy atom. The van der Waals surface area contributed by atoms with Gasteiger partial charge in [-0.3, -0.25) is 0 Å². The summed E-state index contributed by atoms with van der Waals surface area (Å²) >= 11 is 0. The van der Waals surface area contributed by atoms with E-state index in [1.54, 1.807) is 7.11 Å². The molecule has 0 spiro atoms. The average Bonchev–Trinajstić information content (AvgIpc) is 2.42. The molecule has 1 fully saturated rings. The van der Waals surface area contributed by atoms with Crippen molar-refractivity contribution >= 4 is 0 Å². The first-order valence-electron chi connectivity index (χ1n) is 5.59. The van der Waals surface area contributed by atoms with Crippen molar-refractivity contribution in [2.24, 2.45) is 0 Å². The van der Waals surface area contributed by atoms with Gasteiger partial charge in [-0.05, 0) is 19.8 Å². The lowest BCUT2D eigenvalue weighted by molar-refractivity contribution is 0.113. The summed E-state index contributed by atoms with van der Waals surface area (Å²) in [4.78, 5) is 0. The molecule has 1 rings (SSSR count). The molecule has 1 saturated carbocycles. The molecule has 2 nitrogen and oxygen atoms in total. The van der Waals surface area contributed by atoms with Crippen molar-refractivity contribution in [3.63, 3.8) is 0 Å². The highest BCUT2D eigenvalue weighted by Crippen LogP contribution is 2.16. The molecule has 0 heterocycles. The third-order valence-corrected chi connectivity index (χ3v) is 2.95. The smallest absolute Gasteiger partial charge is 0.0667 e. The number of ether oxygens (including phenoxy) is 1. The van der Waals surface area contributed by atoms with Crippen LogP contribution in [0.5, 0.6) is 0 Å². The van der Waals surface area contributed by atoms with Crippen LogP contribution >= 0.6 is 0 Å². The van der Waals surface area contributed by atoms with Gasteiger partial charge in [-0.25, -0.2) is 0 Å². The minimum absolute atomic E-state index is 0.350. The Morgan fingerprint density at radius 2 is 1.85 bits per heavy atom. The molecule has 78 valence electrons. The Labute approximate surface area is 82.0 Å². The summed E-state index contributed by atoms with van der Waals surface area (Å²) in [7, 11) is 1.78. The van der Waals surface area contributed by atoms with E-state index in [1.807, 2.05) is 0 Å². The molecule has 0 aromatic heterocycles. The molecule has 1 aliphatic rings. The highest BCUT2D eigenvalue weighted by Gasteiger charge is 2.11. The van der Waals surface area contributed by atoms with Gasteiger partial charge in [0.25, 0.3) is 0 Å². The second-order valence-corrected chi connectivity index (χ2v) is 4.14. The summed E-state index contributed by atoms with van der Waals surface area (Å²) in [5.74, 6) is 0. The first-order chi connectivity index (χ1) is 6.33. The maximum atomic E-state index is 5.21. The van der Waals surface area contributed by atoms with Gasteiger partial charge in [-0.1, -0.05) is 25.7 Å². The number of nitrogens with one attached hydrogen (secondary N) is 1. The molecule has 2 heteroatoms. The van der Waals surface area contributed by atoms with E-state index in [4.69, 9.17) is 4.74 Å². The predicted octanol–water partition coefficient (Wildman–Crippen LogP) is 2.33. The quantitative estimate of drug-likeness (QED) is 0.679. The zero-order valence-electron chi connectivity index (χ0n) is 9.01. The van der Waals surface area contributed by atoms with Crippen molar-refractivity contribution in [3.8, 4) is 0 Å². The van der Waals surface area contributed by atoms with Gasteiger partial charge in [0.2, 0.25) is 0 Å². The topological polar surface area (TPSA) is 21.3 Å². The third kappa shape index (κ3) is 4.63. The van der Waals surface area contributed by atoms with E-state index in [0.717, 1.165) is 12.6 Å². The molecule has 0 bridgehead atoms. The molecule has 0 saturated heterocycles. The Hall–Kier alpha value is -0.0800.